The van der Waals surface area contributed by atoms with Crippen molar-refractivity contribution in [3.63, 3.8) is 0 Å². The summed E-state index contributed by atoms with van der Waals surface area (Å²) in [5.74, 6) is 0.0647. The molecule has 92 valence electrons. The van der Waals surface area contributed by atoms with Crippen molar-refractivity contribution >= 4 is 23.3 Å². The van der Waals surface area contributed by atoms with E-state index in [1.54, 1.807) is 24.3 Å². The van der Waals surface area contributed by atoms with Gasteiger partial charge in [-0.3, -0.25) is 4.79 Å². The lowest BCUT2D eigenvalue weighted by atomic mass is 10.1. The van der Waals surface area contributed by atoms with E-state index in [0.717, 1.165) is 5.56 Å². The van der Waals surface area contributed by atoms with Crippen LogP contribution in [0.3, 0.4) is 0 Å². The van der Waals surface area contributed by atoms with Crippen LogP contribution in [0.25, 0.3) is 0 Å². The van der Waals surface area contributed by atoms with Gasteiger partial charge in [-0.1, -0.05) is 41.9 Å². The number of aromatic nitrogens is 1. The average molecular weight is 262 g/mol. The predicted molar refractivity (Wildman–Crippen MR) is 71.2 cm³/mol. The van der Waals surface area contributed by atoms with Crippen LogP contribution in [0.15, 0.2) is 48.7 Å². The first-order valence-electron chi connectivity index (χ1n) is 5.40. The molecule has 0 aliphatic rings. The van der Waals surface area contributed by atoms with E-state index in [2.05, 4.69) is 10.3 Å². The van der Waals surface area contributed by atoms with Gasteiger partial charge in [0.2, 0.25) is 5.91 Å². The number of amides is 1. The zero-order valence-corrected chi connectivity index (χ0v) is 10.3. The maximum absolute atomic E-state index is 11.9. The molecule has 5 heteroatoms. The Labute approximate surface area is 110 Å². The third-order valence-electron chi connectivity index (χ3n) is 2.41. The Morgan fingerprint density at radius 3 is 2.67 bits per heavy atom. The van der Waals surface area contributed by atoms with Crippen LogP contribution in [0.1, 0.15) is 11.6 Å². The number of nitrogens with zero attached hydrogens (tertiary/aromatic N) is 1. The fourth-order valence-electron chi connectivity index (χ4n) is 1.49. The van der Waals surface area contributed by atoms with Crippen LogP contribution >= 0.6 is 11.6 Å². The highest BCUT2D eigenvalue weighted by Gasteiger charge is 2.15. The Hall–Kier alpha value is -1.91. The number of anilines is 1. The lowest BCUT2D eigenvalue weighted by Gasteiger charge is -2.11. The summed E-state index contributed by atoms with van der Waals surface area (Å²) in [4.78, 5) is 15.9. The summed E-state index contributed by atoms with van der Waals surface area (Å²) in [5.41, 5.74) is 6.60. The van der Waals surface area contributed by atoms with Crippen LogP contribution in [0, 0.1) is 0 Å². The van der Waals surface area contributed by atoms with Crippen molar-refractivity contribution in [2.45, 2.75) is 6.04 Å². The van der Waals surface area contributed by atoms with Crippen molar-refractivity contribution in [2.75, 3.05) is 5.32 Å². The molecule has 2 aromatic rings. The molecule has 1 atom stereocenters. The van der Waals surface area contributed by atoms with Crippen molar-refractivity contribution in [3.05, 3.63) is 59.2 Å². The minimum Gasteiger partial charge on any atom is -0.316 e. The Bertz CT molecular complexity index is 545. The highest BCUT2D eigenvalue weighted by atomic mass is 35.5. The number of carbonyl (C=O) groups excluding carboxylic acids is 1. The molecule has 0 fully saturated rings. The van der Waals surface area contributed by atoms with E-state index in [1.165, 1.54) is 6.20 Å². The number of pyridine rings is 1. The number of carbonyl (C=O) groups is 1. The van der Waals surface area contributed by atoms with Gasteiger partial charge in [-0.25, -0.2) is 4.98 Å². The molecule has 0 bridgehead atoms. The predicted octanol–water partition coefficient (Wildman–Crippen LogP) is 2.37. The molecule has 1 aromatic heterocycles. The summed E-state index contributed by atoms with van der Waals surface area (Å²) in [6.07, 6.45) is 1.52. The minimum atomic E-state index is -0.730. The number of rotatable bonds is 3. The fraction of sp³-hybridized carbons (Fsp3) is 0.0769. The molecule has 0 saturated heterocycles. The third-order valence-corrected chi connectivity index (χ3v) is 2.65. The molecule has 2 rings (SSSR count). The van der Waals surface area contributed by atoms with Gasteiger partial charge in [0.25, 0.3) is 0 Å². The van der Waals surface area contributed by atoms with Gasteiger partial charge in [-0.2, -0.15) is 0 Å². The molecule has 0 spiro atoms. The molecule has 0 saturated carbocycles. The smallest absolute Gasteiger partial charge is 0.247 e. The largest absolute Gasteiger partial charge is 0.316 e. The lowest BCUT2D eigenvalue weighted by molar-refractivity contribution is -0.117. The average Bonchev–Trinajstić information content (AvgIpc) is 2.39. The first kappa shape index (κ1) is 12.5. The van der Waals surface area contributed by atoms with Crippen molar-refractivity contribution < 1.29 is 4.79 Å². The monoisotopic (exact) mass is 261 g/mol. The summed E-state index contributed by atoms with van der Waals surface area (Å²) in [6.45, 7) is 0. The summed E-state index contributed by atoms with van der Waals surface area (Å²) in [5, 5.41) is 3.13. The standard InChI is InChI=1S/C13H12ClN3O/c14-10-6-7-16-11(8-10)17-13(18)12(15)9-4-2-1-3-5-9/h1-8,12H,15H2,(H,16,17,18). The van der Waals surface area contributed by atoms with Gasteiger partial charge >= 0.3 is 0 Å². The van der Waals surface area contributed by atoms with Gasteiger partial charge in [-0.15, -0.1) is 0 Å². The van der Waals surface area contributed by atoms with Crippen molar-refractivity contribution in [1.29, 1.82) is 0 Å². The molecule has 4 nitrogen and oxygen atoms in total. The number of hydrogen-bond acceptors (Lipinski definition) is 3. The van der Waals surface area contributed by atoms with Crippen LogP contribution in [-0.2, 0) is 4.79 Å². The highest BCUT2D eigenvalue weighted by Crippen LogP contribution is 2.15. The first-order chi connectivity index (χ1) is 8.66. The summed E-state index contributed by atoms with van der Waals surface area (Å²) >= 11 is 5.80. The van der Waals surface area contributed by atoms with Gasteiger partial charge in [0.1, 0.15) is 11.9 Å². The van der Waals surface area contributed by atoms with Gasteiger partial charge in [0.15, 0.2) is 0 Å². The van der Waals surface area contributed by atoms with Gasteiger partial charge < -0.3 is 11.1 Å². The van der Waals surface area contributed by atoms with Crippen molar-refractivity contribution in [1.82, 2.24) is 4.98 Å². The molecule has 0 aliphatic carbocycles. The van der Waals surface area contributed by atoms with Crippen LogP contribution in [0.4, 0.5) is 5.82 Å². The van der Waals surface area contributed by atoms with E-state index in [4.69, 9.17) is 17.3 Å². The normalized spacial score (nSPS) is 11.9. The second-order valence-electron chi connectivity index (χ2n) is 3.74. The maximum atomic E-state index is 11.9. The second kappa shape index (κ2) is 5.62. The van der Waals surface area contributed by atoms with Crippen LogP contribution in [-0.4, -0.2) is 10.9 Å². The molecule has 0 radical (unpaired) electrons. The zero-order valence-electron chi connectivity index (χ0n) is 9.51. The molecule has 0 aliphatic heterocycles. The molecule has 1 amide bonds. The van der Waals surface area contributed by atoms with E-state index >= 15 is 0 Å². The lowest BCUT2D eigenvalue weighted by Crippen LogP contribution is -2.28. The Morgan fingerprint density at radius 1 is 1.28 bits per heavy atom. The number of benzene rings is 1. The molecular weight excluding hydrogens is 250 g/mol. The minimum absolute atomic E-state index is 0.323. The number of halogens is 1. The quantitative estimate of drug-likeness (QED) is 0.891. The molecular formula is C13H12ClN3O. The molecule has 3 N–H and O–H groups in total. The molecule has 1 unspecified atom stereocenters. The third kappa shape index (κ3) is 3.06. The Morgan fingerprint density at radius 2 is 2.00 bits per heavy atom. The van der Waals surface area contributed by atoms with Crippen LogP contribution in [0.5, 0.6) is 0 Å². The zero-order chi connectivity index (χ0) is 13.0. The molecule has 1 aromatic carbocycles. The summed E-state index contributed by atoms with van der Waals surface area (Å²) in [6, 6.07) is 11.6. The van der Waals surface area contributed by atoms with Crippen LogP contribution < -0.4 is 11.1 Å². The SMILES string of the molecule is NC(C(=O)Nc1cc(Cl)ccn1)c1ccccc1. The fourth-order valence-corrected chi connectivity index (χ4v) is 1.65. The van der Waals surface area contributed by atoms with Crippen molar-refractivity contribution in [2.24, 2.45) is 5.73 Å². The van der Waals surface area contributed by atoms with Crippen molar-refractivity contribution in [3.8, 4) is 0 Å². The van der Waals surface area contributed by atoms with E-state index < -0.39 is 6.04 Å². The van der Waals surface area contributed by atoms with E-state index in [0.29, 0.717) is 10.8 Å². The first-order valence-corrected chi connectivity index (χ1v) is 5.77. The Kier molecular flexibility index (Phi) is 3.92. The topological polar surface area (TPSA) is 68.0 Å². The number of hydrogen-bond donors (Lipinski definition) is 2. The summed E-state index contributed by atoms with van der Waals surface area (Å²) < 4.78 is 0. The van der Waals surface area contributed by atoms with Gasteiger partial charge in [-0.05, 0) is 17.7 Å². The van der Waals surface area contributed by atoms with E-state index in [-0.39, 0.29) is 5.91 Å². The van der Waals surface area contributed by atoms with Crippen LogP contribution in [0.2, 0.25) is 5.02 Å². The molecule has 1 heterocycles. The highest BCUT2D eigenvalue weighted by molar-refractivity contribution is 6.30. The van der Waals surface area contributed by atoms with E-state index in [9.17, 15) is 4.79 Å². The Balaban J connectivity index is 2.09. The maximum Gasteiger partial charge on any atom is 0.247 e. The number of nitrogens with one attached hydrogen (secondary N) is 1. The van der Waals surface area contributed by atoms with E-state index in [1.807, 2.05) is 18.2 Å². The molecule has 18 heavy (non-hydrogen) atoms. The summed E-state index contributed by atoms with van der Waals surface area (Å²) in [7, 11) is 0. The second-order valence-corrected chi connectivity index (χ2v) is 4.17. The van der Waals surface area contributed by atoms with Gasteiger partial charge in [0.05, 0.1) is 0 Å². The van der Waals surface area contributed by atoms with Gasteiger partial charge in [0, 0.05) is 11.2 Å². The number of nitrogens with two attached hydrogens (primary N) is 1.